The van der Waals surface area contributed by atoms with Crippen LogP contribution < -0.4 is 10.6 Å². The van der Waals surface area contributed by atoms with Gasteiger partial charge in [0.1, 0.15) is 0 Å². The summed E-state index contributed by atoms with van der Waals surface area (Å²) in [7, 11) is 0. The van der Waals surface area contributed by atoms with E-state index < -0.39 is 0 Å². The van der Waals surface area contributed by atoms with E-state index in [-0.39, 0.29) is 30.5 Å². The van der Waals surface area contributed by atoms with Crippen molar-refractivity contribution in [3.63, 3.8) is 0 Å². The Morgan fingerprint density at radius 1 is 1.19 bits per heavy atom. The zero-order chi connectivity index (χ0) is 15.2. The van der Waals surface area contributed by atoms with Gasteiger partial charge in [0, 0.05) is 21.9 Å². The van der Waals surface area contributed by atoms with Crippen LogP contribution in [0.5, 0.6) is 0 Å². The lowest BCUT2D eigenvalue weighted by Crippen LogP contribution is -2.27. The number of furan rings is 1. The maximum absolute atomic E-state index is 11.8. The Hall–Kier alpha value is -1.60. The molecule has 0 aliphatic heterocycles. The first-order valence-electron chi connectivity index (χ1n) is 6.13. The topological polar surface area (TPSA) is 71.3 Å². The summed E-state index contributed by atoms with van der Waals surface area (Å²) in [4.78, 5) is 23.4. The predicted molar refractivity (Wildman–Crippen MR) is 86.1 cm³/mol. The van der Waals surface area contributed by atoms with Crippen LogP contribution >= 0.6 is 31.9 Å². The van der Waals surface area contributed by atoms with Crippen molar-refractivity contribution >= 4 is 49.4 Å². The van der Waals surface area contributed by atoms with Crippen molar-refractivity contribution in [1.29, 1.82) is 0 Å². The molecule has 2 aromatic rings. The van der Waals surface area contributed by atoms with Gasteiger partial charge >= 0.3 is 0 Å². The number of anilines is 1. The molecular formula is C14H12Br2N2O3. The summed E-state index contributed by atoms with van der Waals surface area (Å²) in [6.45, 7) is 0.233. The molecule has 21 heavy (non-hydrogen) atoms. The van der Waals surface area contributed by atoms with Crippen molar-refractivity contribution in [3.05, 3.63) is 51.3 Å². The molecule has 1 heterocycles. The lowest BCUT2D eigenvalue weighted by atomic mass is 10.3. The Bertz CT molecular complexity index is 642. The van der Waals surface area contributed by atoms with Crippen LogP contribution in [0.1, 0.15) is 17.0 Å². The molecule has 7 heteroatoms. The third kappa shape index (κ3) is 4.71. The molecule has 110 valence electrons. The number of carbonyl (C=O) groups is 2. The van der Waals surface area contributed by atoms with Gasteiger partial charge in [0.15, 0.2) is 5.76 Å². The van der Waals surface area contributed by atoms with E-state index in [1.807, 2.05) is 12.1 Å². The third-order valence-electron chi connectivity index (χ3n) is 2.59. The maximum Gasteiger partial charge on any atom is 0.286 e. The van der Waals surface area contributed by atoms with Gasteiger partial charge in [0.05, 0.1) is 12.0 Å². The minimum Gasteiger partial charge on any atom is -0.459 e. The molecule has 1 aromatic carbocycles. The highest BCUT2D eigenvalue weighted by Crippen LogP contribution is 2.26. The van der Waals surface area contributed by atoms with Gasteiger partial charge < -0.3 is 15.1 Å². The second-order valence-corrected chi connectivity index (χ2v) is 5.93. The lowest BCUT2D eigenvalue weighted by molar-refractivity contribution is -0.116. The number of rotatable bonds is 5. The highest BCUT2D eigenvalue weighted by Gasteiger charge is 2.10. The molecule has 1 aromatic heterocycles. The fraction of sp³-hybridized carbons (Fsp3) is 0.143. The summed E-state index contributed by atoms with van der Waals surface area (Å²) in [5.41, 5.74) is 0.673. The molecular weight excluding hydrogens is 404 g/mol. The fourth-order valence-electron chi connectivity index (χ4n) is 1.59. The van der Waals surface area contributed by atoms with Crippen LogP contribution in [0, 0.1) is 0 Å². The van der Waals surface area contributed by atoms with Gasteiger partial charge in [-0.1, -0.05) is 15.9 Å². The second kappa shape index (κ2) is 7.42. The average Bonchev–Trinajstić information content (AvgIpc) is 2.97. The van der Waals surface area contributed by atoms with Gasteiger partial charge in [-0.2, -0.15) is 0 Å². The minimum atomic E-state index is -0.337. The largest absolute Gasteiger partial charge is 0.459 e. The second-order valence-electron chi connectivity index (χ2n) is 4.16. The number of benzene rings is 1. The molecule has 2 N–H and O–H groups in total. The summed E-state index contributed by atoms with van der Waals surface area (Å²) >= 11 is 6.70. The molecule has 0 spiro atoms. The normalized spacial score (nSPS) is 10.2. The van der Waals surface area contributed by atoms with Crippen LogP contribution in [0.2, 0.25) is 0 Å². The van der Waals surface area contributed by atoms with Crippen LogP contribution in [0.4, 0.5) is 5.69 Å². The first-order chi connectivity index (χ1) is 10.1. The van der Waals surface area contributed by atoms with E-state index >= 15 is 0 Å². The molecule has 0 fully saturated rings. The highest BCUT2D eigenvalue weighted by atomic mass is 79.9. The molecule has 0 saturated carbocycles. The molecule has 0 aliphatic rings. The monoisotopic (exact) mass is 414 g/mol. The number of hydrogen-bond donors (Lipinski definition) is 2. The Labute approximate surface area is 138 Å². The SMILES string of the molecule is O=C(CCNC(=O)c1ccco1)Nc1cc(Br)ccc1Br. The Balaban J connectivity index is 1.80. The van der Waals surface area contributed by atoms with Gasteiger partial charge in [-0.3, -0.25) is 9.59 Å². The van der Waals surface area contributed by atoms with Crippen molar-refractivity contribution in [2.45, 2.75) is 6.42 Å². The summed E-state index contributed by atoms with van der Waals surface area (Å²) < 4.78 is 6.61. The molecule has 5 nitrogen and oxygen atoms in total. The van der Waals surface area contributed by atoms with E-state index in [0.717, 1.165) is 8.95 Å². The Morgan fingerprint density at radius 3 is 2.71 bits per heavy atom. The van der Waals surface area contributed by atoms with E-state index in [2.05, 4.69) is 42.5 Å². The summed E-state index contributed by atoms with van der Waals surface area (Å²) in [5.74, 6) is -0.296. The number of halogens is 2. The zero-order valence-electron chi connectivity index (χ0n) is 10.9. The van der Waals surface area contributed by atoms with E-state index in [9.17, 15) is 9.59 Å². The highest BCUT2D eigenvalue weighted by molar-refractivity contribution is 9.11. The molecule has 2 amide bonds. The lowest BCUT2D eigenvalue weighted by Gasteiger charge is -2.08. The third-order valence-corrected chi connectivity index (χ3v) is 3.77. The van der Waals surface area contributed by atoms with Crippen LogP contribution in [0.3, 0.4) is 0 Å². The van der Waals surface area contributed by atoms with Crippen LogP contribution in [-0.2, 0) is 4.79 Å². The molecule has 0 radical (unpaired) electrons. The Morgan fingerprint density at radius 2 is 2.00 bits per heavy atom. The van der Waals surface area contributed by atoms with Crippen molar-refractivity contribution in [1.82, 2.24) is 5.32 Å². The van der Waals surface area contributed by atoms with Gasteiger partial charge in [-0.15, -0.1) is 0 Å². The van der Waals surface area contributed by atoms with E-state index in [4.69, 9.17) is 4.42 Å². The van der Waals surface area contributed by atoms with Crippen molar-refractivity contribution in [2.24, 2.45) is 0 Å². The van der Waals surface area contributed by atoms with E-state index in [1.54, 1.807) is 18.2 Å². The zero-order valence-corrected chi connectivity index (χ0v) is 14.0. The van der Waals surface area contributed by atoms with Crippen LogP contribution in [0.15, 0.2) is 50.0 Å². The van der Waals surface area contributed by atoms with Crippen molar-refractivity contribution in [3.8, 4) is 0 Å². The molecule has 0 saturated heterocycles. The standard InChI is InChI=1S/C14H12Br2N2O3/c15-9-3-4-10(16)11(8-9)18-13(19)5-6-17-14(20)12-2-1-7-21-12/h1-4,7-8H,5-6H2,(H,17,20)(H,18,19). The predicted octanol–water partition coefficient (Wildman–Crippen LogP) is 3.56. The van der Waals surface area contributed by atoms with Crippen LogP contribution in [-0.4, -0.2) is 18.4 Å². The van der Waals surface area contributed by atoms with E-state index in [0.29, 0.717) is 5.69 Å². The van der Waals surface area contributed by atoms with E-state index in [1.165, 1.54) is 6.26 Å². The van der Waals surface area contributed by atoms with Gasteiger partial charge in [-0.25, -0.2) is 0 Å². The molecule has 0 atom stereocenters. The van der Waals surface area contributed by atoms with Gasteiger partial charge in [0.2, 0.25) is 5.91 Å². The number of amides is 2. The van der Waals surface area contributed by atoms with Gasteiger partial charge in [0.25, 0.3) is 5.91 Å². The van der Waals surface area contributed by atoms with Gasteiger partial charge in [-0.05, 0) is 46.3 Å². The quantitative estimate of drug-likeness (QED) is 0.784. The molecule has 0 aliphatic carbocycles. The van der Waals surface area contributed by atoms with Crippen molar-refractivity contribution in [2.75, 3.05) is 11.9 Å². The molecule has 2 rings (SSSR count). The number of carbonyl (C=O) groups excluding carboxylic acids is 2. The fourth-order valence-corrected chi connectivity index (χ4v) is 2.30. The molecule has 0 bridgehead atoms. The van der Waals surface area contributed by atoms with Crippen LogP contribution in [0.25, 0.3) is 0 Å². The first kappa shape index (κ1) is 15.8. The summed E-state index contributed by atoms with van der Waals surface area (Å²) in [6.07, 6.45) is 1.60. The van der Waals surface area contributed by atoms with Crippen molar-refractivity contribution < 1.29 is 14.0 Å². The number of nitrogens with one attached hydrogen (secondary N) is 2. The minimum absolute atomic E-state index is 0.172. The average molecular weight is 416 g/mol. The maximum atomic E-state index is 11.8. The first-order valence-corrected chi connectivity index (χ1v) is 7.71. The summed E-state index contributed by atoms with van der Waals surface area (Å²) in [5, 5.41) is 5.38. The smallest absolute Gasteiger partial charge is 0.286 e. The number of hydrogen-bond acceptors (Lipinski definition) is 3. The molecule has 0 unspecified atom stereocenters. The summed E-state index contributed by atoms with van der Waals surface area (Å²) in [6, 6.07) is 8.69. The Kier molecular flexibility index (Phi) is 5.58.